The molecule has 0 heterocycles. The molecular weight excluding hydrogens is 463 g/mol. The van der Waals surface area contributed by atoms with Crippen molar-refractivity contribution in [3.05, 3.63) is 10.2 Å². The summed E-state index contributed by atoms with van der Waals surface area (Å²) >= 11 is -2.06. The SMILES string of the molecule is CCC[CH2][Sn](/[CH]=C/CCC[C@H](C)O[Si](C)(C)C(C)(C)C)([CH2]CCC)[CH2]CCC. The molecule has 3 heteroatoms. The normalized spacial score (nSPS) is 14.8. The maximum atomic E-state index is 6.54. The molecule has 0 aromatic carbocycles. The first-order valence-corrected chi connectivity index (χ1v) is 23.0. The van der Waals surface area contributed by atoms with Crippen LogP contribution in [0.5, 0.6) is 0 Å². The van der Waals surface area contributed by atoms with Gasteiger partial charge in [-0.05, 0) is 0 Å². The van der Waals surface area contributed by atoms with Crippen molar-refractivity contribution in [1.29, 1.82) is 0 Å². The van der Waals surface area contributed by atoms with Gasteiger partial charge in [-0.15, -0.1) is 0 Å². The zero-order valence-corrected chi connectivity index (χ0v) is 25.0. The zero-order chi connectivity index (χ0) is 21.7. The Kier molecular flexibility index (Phi) is 15.0. The van der Waals surface area contributed by atoms with Gasteiger partial charge >= 0.3 is 185 Å². The quantitative estimate of drug-likeness (QED) is 0.146. The molecule has 0 saturated heterocycles. The molecule has 0 fully saturated rings. The average molecular weight is 518 g/mol. The van der Waals surface area contributed by atoms with E-state index >= 15 is 0 Å². The second kappa shape index (κ2) is 14.7. The zero-order valence-electron chi connectivity index (χ0n) is 21.1. The molecule has 28 heavy (non-hydrogen) atoms. The molecule has 0 spiro atoms. The Hall–Kier alpha value is 0.716. The fourth-order valence-corrected chi connectivity index (χ4v) is 19.8. The molecule has 0 aliphatic rings. The van der Waals surface area contributed by atoms with E-state index in [0.29, 0.717) is 11.1 Å². The predicted molar refractivity (Wildman–Crippen MR) is 136 cm³/mol. The molecule has 1 nitrogen and oxygen atoms in total. The Labute approximate surface area is 184 Å². The van der Waals surface area contributed by atoms with Gasteiger partial charge in [0.2, 0.25) is 0 Å². The van der Waals surface area contributed by atoms with E-state index in [-0.39, 0.29) is 0 Å². The predicted octanol–water partition coefficient (Wildman–Crippen LogP) is 9.51. The average Bonchev–Trinajstić information content (AvgIpc) is 2.60. The second-order valence-corrected chi connectivity index (χ2v) is 28.5. The molecule has 0 bridgehead atoms. The third-order valence-electron chi connectivity index (χ3n) is 6.84. The maximum absolute atomic E-state index is 6.54. The molecule has 0 N–H and O–H groups in total. The van der Waals surface area contributed by atoms with Gasteiger partial charge in [0.15, 0.2) is 0 Å². The van der Waals surface area contributed by atoms with Gasteiger partial charge in [0.05, 0.1) is 0 Å². The summed E-state index contributed by atoms with van der Waals surface area (Å²) < 4.78 is 14.1. The minimum absolute atomic E-state index is 0.313. The van der Waals surface area contributed by atoms with Gasteiger partial charge in [0.25, 0.3) is 0 Å². The van der Waals surface area contributed by atoms with E-state index in [2.05, 4.69) is 71.7 Å². The van der Waals surface area contributed by atoms with Crippen LogP contribution in [-0.4, -0.2) is 32.8 Å². The fourth-order valence-electron chi connectivity index (χ4n) is 3.81. The summed E-state index contributed by atoms with van der Waals surface area (Å²) in [6, 6.07) is 0. The van der Waals surface area contributed by atoms with Crippen molar-refractivity contribution in [3.63, 3.8) is 0 Å². The van der Waals surface area contributed by atoms with E-state index in [0.717, 1.165) is 0 Å². The standard InChI is InChI=1S/C13H27OSi.3C4H9.Sn/c1-8-9-10-11-12(2)14-15(6,7)13(3,4)5;3*1-3-4-2;/h1,8,12H,9-11H2,2-7H3;3*1,3-4H2,2H3;/t12-;;;;/m0..../s1. The molecule has 0 saturated carbocycles. The summed E-state index contributed by atoms with van der Waals surface area (Å²) in [4.78, 5) is 0. The van der Waals surface area contributed by atoms with Crippen LogP contribution in [0.15, 0.2) is 10.2 Å². The first kappa shape index (κ1) is 28.7. The third kappa shape index (κ3) is 11.8. The van der Waals surface area contributed by atoms with Gasteiger partial charge in [-0.25, -0.2) is 0 Å². The van der Waals surface area contributed by atoms with Gasteiger partial charge in [0, 0.05) is 0 Å². The van der Waals surface area contributed by atoms with Crippen molar-refractivity contribution < 1.29 is 4.43 Å². The molecule has 0 aliphatic heterocycles. The van der Waals surface area contributed by atoms with E-state index in [1.165, 1.54) is 57.8 Å². The van der Waals surface area contributed by atoms with Gasteiger partial charge in [-0.2, -0.15) is 0 Å². The minimum atomic E-state index is -2.06. The van der Waals surface area contributed by atoms with Crippen molar-refractivity contribution in [1.82, 2.24) is 0 Å². The number of hydrogen-bond acceptors (Lipinski definition) is 1. The van der Waals surface area contributed by atoms with Gasteiger partial charge in [-0.1, -0.05) is 0 Å². The Morgan fingerprint density at radius 3 is 1.71 bits per heavy atom. The van der Waals surface area contributed by atoms with Crippen LogP contribution in [0.1, 0.15) is 106 Å². The van der Waals surface area contributed by atoms with Gasteiger partial charge < -0.3 is 0 Å². The summed E-state index contributed by atoms with van der Waals surface area (Å²) in [5.41, 5.74) is 0. The van der Waals surface area contributed by atoms with Crippen molar-refractivity contribution in [3.8, 4) is 0 Å². The van der Waals surface area contributed by atoms with Crippen molar-refractivity contribution >= 4 is 26.7 Å². The first-order chi connectivity index (χ1) is 13.0. The van der Waals surface area contributed by atoms with Gasteiger partial charge in [0.1, 0.15) is 0 Å². The van der Waals surface area contributed by atoms with Crippen LogP contribution < -0.4 is 0 Å². The molecule has 0 unspecified atom stereocenters. The van der Waals surface area contributed by atoms with Crippen molar-refractivity contribution in [2.24, 2.45) is 0 Å². The summed E-state index contributed by atoms with van der Waals surface area (Å²) in [7, 11) is -1.62. The van der Waals surface area contributed by atoms with E-state index < -0.39 is 26.7 Å². The van der Waals surface area contributed by atoms with Crippen LogP contribution in [0.25, 0.3) is 0 Å². The topological polar surface area (TPSA) is 9.23 Å². The molecular formula is C25H54OSiSn. The molecule has 0 aliphatic carbocycles. The van der Waals surface area contributed by atoms with E-state index in [1.54, 1.807) is 13.3 Å². The Morgan fingerprint density at radius 2 is 1.32 bits per heavy atom. The van der Waals surface area contributed by atoms with Gasteiger partial charge in [-0.3, -0.25) is 0 Å². The number of allylic oxidation sites excluding steroid dienone is 1. The van der Waals surface area contributed by atoms with Crippen LogP contribution in [0, 0.1) is 0 Å². The van der Waals surface area contributed by atoms with E-state index in [1.807, 2.05) is 0 Å². The third-order valence-corrected chi connectivity index (χ3v) is 25.7. The number of rotatable bonds is 16. The number of unbranched alkanes of at least 4 members (excludes halogenated alkanes) is 4. The number of hydrogen-bond donors (Lipinski definition) is 0. The molecule has 0 aromatic rings. The monoisotopic (exact) mass is 518 g/mol. The Balaban J connectivity index is 4.67. The summed E-state index contributed by atoms with van der Waals surface area (Å²) in [6.45, 7) is 21.1. The van der Waals surface area contributed by atoms with Crippen LogP contribution in [0.3, 0.4) is 0 Å². The van der Waals surface area contributed by atoms with Crippen LogP contribution in [0.2, 0.25) is 31.4 Å². The molecule has 0 rings (SSSR count). The van der Waals surface area contributed by atoms with Crippen molar-refractivity contribution in [2.45, 2.75) is 144 Å². The molecule has 168 valence electrons. The van der Waals surface area contributed by atoms with Crippen LogP contribution in [-0.2, 0) is 4.43 Å². The summed E-state index contributed by atoms with van der Waals surface area (Å²) in [5, 5.41) is 0.313. The molecule has 0 aromatic heterocycles. The second-order valence-electron chi connectivity index (χ2n) is 10.7. The van der Waals surface area contributed by atoms with Crippen molar-refractivity contribution in [2.75, 3.05) is 0 Å². The Bertz CT molecular complexity index is 389. The van der Waals surface area contributed by atoms with E-state index in [9.17, 15) is 0 Å². The summed E-state index contributed by atoms with van der Waals surface area (Å²) in [6.07, 6.45) is 15.3. The molecule has 1 atom stereocenters. The fraction of sp³-hybridized carbons (Fsp3) is 0.920. The van der Waals surface area contributed by atoms with E-state index in [4.69, 9.17) is 4.43 Å². The first-order valence-electron chi connectivity index (χ1n) is 12.4. The summed E-state index contributed by atoms with van der Waals surface area (Å²) in [5.74, 6) is 0. The van der Waals surface area contributed by atoms with Crippen LogP contribution in [0.4, 0.5) is 0 Å². The Morgan fingerprint density at radius 1 is 0.857 bits per heavy atom. The van der Waals surface area contributed by atoms with Crippen LogP contribution >= 0.6 is 0 Å². The molecule has 0 amide bonds. The molecule has 0 radical (unpaired) electrons.